The number of carbonyl (C=O) groups excluding carboxylic acids is 1. The molecule has 2 aromatic rings. The summed E-state index contributed by atoms with van der Waals surface area (Å²) in [7, 11) is 0. The zero-order chi connectivity index (χ0) is 14.5. The molecule has 0 aliphatic carbocycles. The summed E-state index contributed by atoms with van der Waals surface area (Å²) in [4.78, 5) is 19.8. The molecule has 2 unspecified atom stereocenters. The average molecular weight is 291 g/mol. The summed E-state index contributed by atoms with van der Waals surface area (Å²) >= 11 is 1.53. The van der Waals surface area contributed by atoms with Crippen molar-refractivity contribution in [3.63, 3.8) is 0 Å². The van der Waals surface area contributed by atoms with Crippen LogP contribution in [0.15, 0.2) is 24.3 Å². The number of rotatable bonds is 6. The summed E-state index contributed by atoms with van der Waals surface area (Å²) < 4.78 is 0. The van der Waals surface area contributed by atoms with Gasteiger partial charge in [-0.2, -0.15) is 11.8 Å². The molecule has 1 aromatic heterocycles. The minimum absolute atomic E-state index is 0.0586. The topological polar surface area (TPSA) is 57.8 Å². The molecule has 0 aliphatic rings. The number of thioether (sulfide) groups is 1. The van der Waals surface area contributed by atoms with Crippen LogP contribution in [0, 0.1) is 5.92 Å². The van der Waals surface area contributed by atoms with Crippen molar-refractivity contribution in [2.45, 2.75) is 26.3 Å². The summed E-state index contributed by atoms with van der Waals surface area (Å²) in [5.41, 5.74) is 1.95. The number of benzene rings is 1. The average Bonchev–Trinajstić information content (AvgIpc) is 2.87. The SMILES string of the molecule is CCC(C)C(NC(=O)CSC)c1nc2ccccc2[nH]1. The number of carbonyl (C=O) groups is 1. The van der Waals surface area contributed by atoms with E-state index >= 15 is 0 Å². The lowest BCUT2D eigenvalue weighted by Crippen LogP contribution is -2.34. The molecule has 0 aliphatic heterocycles. The number of amides is 1. The van der Waals surface area contributed by atoms with Gasteiger partial charge in [-0.15, -0.1) is 0 Å². The minimum Gasteiger partial charge on any atom is -0.345 e. The van der Waals surface area contributed by atoms with Gasteiger partial charge < -0.3 is 10.3 Å². The Hall–Kier alpha value is -1.49. The number of para-hydroxylation sites is 2. The highest BCUT2D eigenvalue weighted by atomic mass is 32.2. The first-order chi connectivity index (χ1) is 9.65. The fourth-order valence-corrected chi connectivity index (χ4v) is 2.53. The number of nitrogens with one attached hydrogen (secondary N) is 2. The van der Waals surface area contributed by atoms with Crippen LogP contribution < -0.4 is 5.32 Å². The van der Waals surface area contributed by atoms with Gasteiger partial charge in [0.2, 0.25) is 5.91 Å². The number of hydrogen-bond donors (Lipinski definition) is 2. The van der Waals surface area contributed by atoms with Gasteiger partial charge >= 0.3 is 0 Å². The van der Waals surface area contributed by atoms with Gasteiger partial charge in [0.15, 0.2) is 0 Å². The van der Waals surface area contributed by atoms with Crippen molar-refractivity contribution in [2.24, 2.45) is 5.92 Å². The van der Waals surface area contributed by atoms with Crippen LogP contribution in [0.1, 0.15) is 32.1 Å². The third kappa shape index (κ3) is 3.33. The molecule has 20 heavy (non-hydrogen) atoms. The smallest absolute Gasteiger partial charge is 0.230 e. The van der Waals surface area contributed by atoms with Gasteiger partial charge in [0, 0.05) is 0 Å². The number of aromatic amines is 1. The summed E-state index contributed by atoms with van der Waals surface area (Å²) in [6.07, 6.45) is 2.92. The zero-order valence-electron chi connectivity index (χ0n) is 12.1. The first kappa shape index (κ1) is 14.9. The number of imidazole rings is 1. The van der Waals surface area contributed by atoms with Crippen molar-refractivity contribution >= 4 is 28.7 Å². The molecular weight excluding hydrogens is 270 g/mol. The molecule has 0 saturated heterocycles. The summed E-state index contributed by atoms with van der Waals surface area (Å²) in [6.45, 7) is 4.26. The second-order valence-electron chi connectivity index (χ2n) is 5.00. The molecule has 0 radical (unpaired) electrons. The third-order valence-electron chi connectivity index (χ3n) is 3.51. The third-order valence-corrected chi connectivity index (χ3v) is 4.06. The van der Waals surface area contributed by atoms with Crippen LogP contribution in [0.25, 0.3) is 11.0 Å². The number of hydrogen-bond acceptors (Lipinski definition) is 3. The molecule has 0 bridgehead atoms. The standard InChI is InChI=1S/C15H21N3OS/c1-4-10(2)14(18-13(19)9-20-3)15-16-11-7-5-6-8-12(11)17-15/h5-8,10,14H,4,9H2,1-3H3,(H,16,17)(H,18,19). The van der Waals surface area contributed by atoms with E-state index in [1.54, 1.807) is 0 Å². The molecule has 0 saturated carbocycles. The molecule has 2 N–H and O–H groups in total. The Morgan fingerprint density at radius 2 is 2.20 bits per heavy atom. The van der Waals surface area contributed by atoms with Crippen molar-refractivity contribution in [3.05, 3.63) is 30.1 Å². The van der Waals surface area contributed by atoms with Crippen LogP contribution in [0.3, 0.4) is 0 Å². The second-order valence-corrected chi connectivity index (χ2v) is 5.87. The molecule has 2 atom stereocenters. The molecule has 1 amide bonds. The number of fused-ring (bicyclic) bond motifs is 1. The predicted molar refractivity (Wildman–Crippen MR) is 84.8 cm³/mol. The van der Waals surface area contributed by atoms with Crippen molar-refractivity contribution in [1.82, 2.24) is 15.3 Å². The Balaban J connectivity index is 2.27. The monoisotopic (exact) mass is 291 g/mol. The van der Waals surface area contributed by atoms with Crippen molar-refractivity contribution in [1.29, 1.82) is 0 Å². The van der Waals surface area contributed by atoms with Gasteiger partial charge in [-0.25, -0.2) is 4.98 Å². The largest absolute Gasteiger partial charge is 0.345 e. The van der Waals surface area contributed by atoms with E-state index < -0.39 is 0 Å². The van der Waals surface area contributed by atoms with Crippen LogP contribution in [-0.2, 0) is 4.79 Å². The molecule has 0 spiro atoms. The van der Waals surface area contributed by atoms with Crippen LogP contribution in [0.2, 0.25) is 0 Å². The van der Waals surface area contributed by atoms with E-state index in [1.807, 2.05) is 30.5 Å². The maximum Gasteiger partial charge on any atom is 0.230 e. The Morgan fingerprint density at radius 3 is 2.85 bits per heavy atom. The maximum atomic E-state index is 11.9. The Kier molecular flexibility index (Phi) is 5.06. The van der Waals surface area contributed by atoms with Crippen LogP contribution in [0.5, 0.6) is 0 Å². The Bertz CT molecular complexity index is 548. The van der Waals surface area contributed by atoms with Gasteiger partial charge in [-0.3, -0.25) is 4.79 Å². The molecule has 2 rings (SSSR count). The van der Waals surface area contributed by atoms with Gasteiger partial charge in [-0.05, 0) is 24.3 Å². The van der Waals surface area contributed by atoms with Gasteiger partial charge in [0.1, 0.15) is 5.82 Å². The van der Waals surface area contributed by atoms with E-state index in [9.17, 15) is 4.79 Å². The fraction of sp³-hybridized carbons (Fsp3) is 0.467. The number of H-pyrrole nitrogens is 1. The van der Waals surface area contributed by atoms with E-state index in [4.69, 9.17) is 0 Å². The van der Waals surface area contributed by atoms with E-state index in [-0.39, 0.29) is 11.9 Å². The molecule has 1 aromatic carbocycles. The molecule has 0 fully saturated rings. The first-order valence-electron chi connectivity index (χ1n) is 6.88. The lowest BCUT2D eigenvalue weighted by Gasteiger charge is -2.22. The lowest BCUT2D eigenvalue weighted by molar-refractivity contribution is -0.119. The van der Waals surface area contributed by atoms with Crippen LogP contribution in [0.4, 0.5) is 0 Å². The first-order valence-corrected chi connectivity index (χ1v) is 8.28. The Morgan fingerprint density at radius 1 is 1.45 bits per heavy atom. The lowest BCUT2D eigenvalue weighted by atomic mass is 9.98. The Labute approximate surface area is 123 Å². The summed E-state index contributed by atoms with van der Waals surface area (Å²) in [5, 5.41) is 3.09. The predicted octanol–water partition coefficient (Wildman–Crippen LogP) is 3.13. The van der Waals surface area contributed by atoms with E-state index in [0.717, 1.165) is 23.3 Å². The second kappa shape index (κ2) is 6.79. The van der Waals surface area contributed by atoms with Crippen molar-refractivity contribution in [2.75, 3.05) is 12.0 Å². The van der Waals surface area contributed by atoms with E-state index in [0.29, 0.717) is 11.7 Å². The number of aromatic nitrogens is 2. The summed E-state index contributed by atoms with van der Waals surface area (Å²) in [5.74, 6) is 1.72. The molecular formula is C15H21N3OS. The fourth-order valence-electron chi connectivity index (χ4n) is 2.18. The maximum absolute atomic E-state index is 11.9. The van der Waals surface area contributed by atoms with Crippen LogP contribution >= 0.6 is 11.8 Å². The molecule has 4 nitrogen and oxygen atoms in total. The van der Waals surface area contributed by atoms with E-state index in [1.165, 1.54) is 11.8 Å². The van der Waals surface area contributed by atoms with Crippen molar-refractivity contribution in [3.8, 4) is 0 Å². The number of nitrogens with zero attached hydrogens (tertiary/aromatic N) is 1. The summed E-state index contributed by atoms with van der Waals surface area (Å²) in [6, 6.07) is 7.87. The zero-order valence-corrected chi connectivity index (χ0v) is 13.0. The highest BCUT2D eigenvalue weighted by Gasteiger charge is 2.23. The molecule has 1 heterocycles. The minimum atomic E-state index is -0.0629. The van der Waals surface area contributed by atoms with E-state index in [2.05, 4.69) is 29.1 Å². The highest BCUT2D eigenvalue weighted by molar-refractivity contribution is 7.99. The van der Waals surface area contributed by atoms with Gasteiger partial charge in [0.05, 0.1) is 22.8 Å². The quantitative estimate of drug-likeness (QED) is 0.859. The van der Waals surface area contributed by atoms with Crippen molar-refractivity contribution < 1.29 is 4.79 Å². The van der Waals surface area contributed by atoms with Gasteiger partial charge in [0.25, 0.3) is 0 Å². The highest BCUT2D eigenvalue weighted by Crippen LogP contribution is 2.24. The molecule has 5 heteroatoms. The van der Waals surface area contributed by atoms with Crippen LogP contribution in [-0.4, -0.2) is 27.9 Å². The molecule has 108 valence electrons. The normalized spacial score (nSPS) is 14.2. The van der Waals surface area contributed by atoms with Gasteiger partial charge in [-0.1, -0.05) is 32.4 Å².